The summed E-state index contributed by atoms with van der Waals surface area (Å²) >= 11 is 0. The zero-order chi connectivity index (χ0) is 21.9. The molecule has 1 unspecified atom stereocenters. The summed E-state index contributed by atoms with van der Waals surface area (Å²) in [4.78, 5) is 24.3. The number of amides is 2. The van der Waals surface area contributed by atoms with Gasteiger partial charge in [0.1, 0.15) is 18.4 Å². The Kier molecular flexibility index (Phi) is 8.83. The topological polar surface area (TPSA) is 85.9 Å². The van der Waals surface area contributed by atoms with Gasteiger partial charge in [-0.3, -0.25) is 9.59 Å². The minimum atomic E-state index is -0.821. The van der Waals surface area contributed by atoms with Crippen molar-refractivity contribution in [1.29, 1.82) is 0 Å². The summed E-state index contributed by atoms with van der Waals surface area (Å²) in [5, 5.41) is 5.12. The Bertz CT molecular complexity index is 884. The maximum atomic E-state index is 14.0. The number of benzene rings is 2. The lowest BCUT2D eigenvalue weighted by Crippen LogP contribution is -2.40. The van der Waals surface area contributed by atoms with Crippen molar-refractivity contribution in [2.75, 3.05) is 32.8 Å². The van der Waals surface area contributed by atoms with Gasteiger partial charge in [-0.1, -0.05) is 12.1 Å². The van der Waals surface area contributed by atoms with Gasteiger partial charge >= 0.3 is 0 Å². The number of carbonyl (C=O) groups is 2. The highest BCUT2D eigenvalue weighted by atomic mass is 19.1. The number of ether oxygens (including phenoxy) is 3. The van der Waals surface area contributed by atoms with E-state index < -0.39 is 23.7 Å². The van der Waals surface area contributed by atoms with Crippen molar-refractivity contribution in [2.24, 2.45) is 0 Å². The van der Waals surface area contributed by atoms with E-state index in [9.17, 15) is 14.0 Å². The minimum absolute atomic E-state index is 0.0649. The second-order valence-corrected chi connectivity index (χ2v) is 6.31. The lowest BCUT2D eigenvalue weighted by molar-refractivity contribution is -0.123. The van der Waals surface area contributed by atoms with Crippen LogP contribution in [0.2, 0.25) is 0 Å². The summed E-state index contributed by atoms with van der Waals surface area (Å²) < 4.78 is 29.2. The molecule has 2 rings (SSSR count). The summed E-state index contributed by atoms with van der Waals surface area (Å²) in [5.41, 5.74) is 1.07. The zero-order valence-corrected chi connectivity index (χ0v) is 17.1. The fraction of sp³-hybridized carbons (Fsp3) is 0.273. The Labute approximate surface area is 174 Å². The number of methoxy groups -OCH3 is 2. The van der Waals surface area contributed by atoms with Crippen molar-refractivity contribution >= 4 is 23.6 Å². The van der Waals surface area contributed by atoms with Crippen molar-refractivity contribution in [3.8, 4) is 11.5 Å². The molecule has 0 aliphatic rings. The summed E-state index contributed by atoms with van der Waals surface area (Å²) in [6.07, 6.45) is 2.95. The molecule has 7 nitrogen and oxygen atoms in total. The first kappa shape index (κ1) is 22.9. The van der Waals surface area contributed by atoms with E-state index in [1.165, 1.54) is 32.2 Å². The van der Waals surface area contributed by atoms with Crippen LogP contribution in [0.15, 0.2) is 48.5 Å². The standard InChI is InChI=1S/C22H25FN2O5/c1-15(24-21(26)11-6-16-4-8-18(29-3)9-5-16)22(27)25-17-7-10-20(19(23)14-17)30-13-12-28-2/h4-11,14-15H,12-13H2,1-3H3,(H,24,26)(H,25,27)/b11-6+. The van der Waals surface area contributed by atoms with Crippen LogP contribution in [0.5, 0.6) is 11.5 Å². The van der Waals surface area contributed by atoms with Crippen molar-refractivity contribution in [3.05, 3.63) is 59.9 Å². The number of halogens is 1. The van der Waals surface area contributed by atoms with E-state index in [-0.39, 0.29) is 18.0 Å². The normalized spacial score (nSPS) is 11.7. The molecule has 0 fully saturated rings. The molecule has 0 aliphatic carbocycles. The lowest BCUT2D eigenvalue weighted by atomic mass is 10.2. The van der Waals surface area contributed by atoms with E-state index in [1.54, 1.807) is 37.5 Å². The summed E-state index contributed by atoms with van der Waals surface area (Å²) in [7, 11) is 3.09. The first-order valence-electron chi connectivity index (χ1n) is 9.27. The van der Waals surface area contributed by atoms with Gasteiger partial charge in [-0.2, -0.15) is 0 Å². The number of anilines is 1. The van der Waals surface area contributed by atoms with Gasteiger partial charge in [0.05, 0.1) is 13.7 Å². The maximum Gasteiger partial charge on any atom is 0.246 e. The van der Waals surface area contributed by atoms with Crippen molar-refractivity contribution in [2.45, 2.75) is 13.0 Å². The Balaban J connectivity index is 1.86. The third-order valence-electron chi connectivity index (χ3n) is 4.04. The molecular formula is C22H25FN2O5. The van der Waals surface area contributed by atoms with Gasteiger partial charge in [0.15, 0.2) is 11.6 Å². The van der Waals surface area contributed by atoms with Crippen molar-refractivity contribution in [3.63, 3.8) is 0 Å². The van der Waals surface area contributed by atoms with Gasteiger partial charge in [-0.05, 0) is 42.8 Å². The van der Waals surface area contributed by atoms with Crippen LogP contribution >= 0.6 is 0 Å². The molecule has 0 heterocycles. The number of hydrogen-bond donors (Lipinski definition) is 2. The predicted octanol–water partition coefficient (Wildman–Crippen LogP) is 3.02. The second kappa shape index (κ2) is 11.6. The summed E-state index contributed by atoms with van der Waals surface area (Å²) in [5.74, 6) is -0.735. The predicted molar refractivity (Wildman–Crippen MR) is 112 cm³/mol. The van der Waals surface area contributed by atoms with Gasteiger partial charge in [0.25, 0.3) is 0 Å². The molecule has 0 saturated heterocycles. The summed E-state index contributed by atoms with van der Waals surface area (Å²) in [6.45, 7) is 2.08. The monoisotopic (exact) mass is 416 g/mol. The quantitative estimate of drug-likeness (QED) is 0.459. The smallest absolute Gasteiger partial charge is 0.246 e. The fourth-order valence-electron chi connectivity index (χ4n) is 2.40. The minimum Gasteiger partial charge on any atom is -0.497 e. The fourth-order valence-corrected chi connectivity index (χ4v) is 2.40. The number of nitrogens with one attached hydrogen (secondary N) is 2. The highest BCUT2D eigenvalue weighted by Gasteiger charge is 2.15. The van der Waals surface area contributed by atoms with Crippen LogP contribution in [0.3, 0.4) is 0 Å². The van der Waals surface area contributed by atoms with Gasteiger partial charge < -0.3 is 24.8 Å². The molecule has 8 heteroatoms. The number of hydrogen-bond acceptors (Lipinski definition) is 5. The van der Waals surface area contributed by atoms with Gasteiger partial charge in [-0.25, -0.2) is 4.39 Å². The molecule has 0 aromatic heterocycles. The van der Waals surface area contributed by atoms with Crippen LogP contribution in [0.25, 0.3) is 6.08 Å². The van der Waals surface area contributed by atoms with Crippen molar-refractivity contribution in [1.82, 2.24) is 5.32 Å². The Morgan fingerprint density at radius 3 is 2.47 bits per heavy atom. The Hall–Kier alpha value is -3.39. The average Bonchev–Trinajstić information content (AvgIpc) is 2.74. The third kappa shape index (κ3) is 7.21. The van der Waals surface area contributed by atoms with Gasteiger partial charge in [0, 0.05) is 24.9 Å². The van der Waals surface area contributed by atoms with E-state index >= 15 is 0 Å². The second-order valence-electron chi connectivity index (χ2n) is 6.31. The third-order valence-corrected chi connectivity index (χ3v) is 4.04. The first-order chi connectivity index (χ1) is 14.4. The average molecular weight is 416 g/mol. The molecule has 0 aliphatic heterocycles. The van der Waals surface area contributed by atoms with Crippen LogP contribution in [-0.4, -0.2) is 45.3 Å². The van der Waals surface area contributed by atoms with E-state index in [0.717, 1.165) is 11.6 Å². The summed E-state index contributed by atoms with van der Waals surface area (Å²) in [6, 6.07) is 10.4. The first-order valence-corrected chi connectivity index (χ1v) is 9.27. The van der Waals surface area contributed by atoms with Crippen molar-refractivity contribution < 1.29 is 28.2 Å². The molecule has 0 radical (unpaired) electrons. The van der Waals surface area contributed by atoms with Crippen LogP contribution in [0.4, 0.5) is 10.1 Å². The molecule has 2 amide bonds. The molecular weight excluding hydrogens is 391 g/mol. The van der Waals surface area contributed by atoms with Crippen LogP contribution < -0.4 is 20.1 Å². The molecule has 0 saturated carbocycles. The van der Waals surface area contributed by atoms with E-state index in [0.29, 0.717) is 12.4 Å². The molecule has 0 spiro atoms. The van der Waals surface area contributed by atoms with Crippen LogP contribution in [0, 0.1) is 5.82 Å². The van der Waals surface area contributed by atoms with E-state index in [4.69, 9.17) is 14.2 Å². The molecule has 2 aromatic rings. The molecule has 2 aromatic carbocycles. The van der Waals surface area contributed by atoms with Crippen LogP contribution in [0.1, 0.15) is 12.5 Å². The molecule has 160 valence electrons. The zero-order valence-electron chi connectivity index (χ0n) is 17.1. The SMILES string of the molecule is COCCOc1ccc(NC(=O)C(C)NC(=O)/C=C/c2ccc(OC)cc2)cc1F. The lowest BCUT2D eigenvalue weighted by Gasteiger charge is -2.14. The highest BCUT2D eigenvalue weighted by molar-refractivity contribution is 5.99. The molecule has 1 atom stereocenters. The molecule has 0 bridgehead atoms. The molecule has 30 heavy (non-hydrogen) atoms. The Morgan fingerprint density at radius 2 is 1.83 bits per heavy atom. The van der Waals surface area contributed by atoms with E-state index in [2.05, 4.69) is 10.6 Å². The van der Waals surface area contributed by atoms with Gasteiger partial charge in [0.2, 0.25) is 11.8 Å². The largest absolute Gasteiger partial charge is 0.497 e. The Morgan fingerprint density at radius 1 is 1.10 bits per heavy atom. The number of rotatable bonds is 10. The number of carbonyl (C=O) groups excluding carboxylic acids is 2. The van der Waals surface area contributed by atoms with E-state index in [1.807, 2.05) is 0 Å². The molecule has 2 N–H and O–H groups in total. The van der Waals surface area contributed by atoms with Crippen LogP contribution in [-0.2, 0) is 14.3 Å². The van der Waals surface area contributed by atoms with Gasteiger partial charge in [-0.15, -0.1) is 0 Å². The maximum absolute atomic E-state index is 14.0. The highest BCUT2D eigenvalue weighted by Crippen LogP contribution is 2.21.